The highest BCUT2D eigenvalue weighted by Gasteiger charge is 2.34. The van der Waals surface area contributed by atoms with E-state index in [1.54, 1.807) is 0 Å². The van der Waals surface area contributed by atoms with Crippen LogP contribution in [0.15, 0.2) is 54.6 Å². The van der Waals surface area contributed by atoms with Crippen LogP contribution in [0.25, 0.3) is 11.0 Å². The van der Waals surface area contributed by atoms with Gasteiger partial charge in [0.15, 0.2) is 0 Å². The molecule has 0 bridgehead atoms. The lowest BCUT2D eigenvalue weighted by Gasteiger charge is -2.18. The molecule has 0 radical (unpaired) electrons. The summed E-state index contributed by atoms with van der Waals surface area (Å²) in [6, 6.07) is 18.5. The number of nitrogens with zero attached hydrogens (tertiary/aromatic N) is 3. The summed E-state index contributed by atoms with van der Waals surface area (Å²) in [6.45, 7) is 6.80. The van der Waals surface area contributed by atoms with Crippen LogP contribution in [0.2, 0.25) is 0 Å². The maximum atomic E-state index is 12.6. The van der Waals surface area contributed by atoms with Crippen molar-refractivity contribution in [3.05, 3.63) is 66.0 Å². The number of carbonyl (C=O) groups is 1. The first-order valence-electron chi connectivity index (χ1n) is 9.38. The van der Waals surface area contributed by atoms with Crippen LogP contribution in [-0.4, -0.2) is 26.9 Å². The van der Waals surface area contributed by atoms with E-state index in [2.05, 4.69) is 48.7 Å². The molecular weight excluding hydrogens is 322 g/mol. The summed E-state index contributed by atoms with van der Waals surface area (Å²) in [6.07, 6.45) is 0.550. The molecule has 1 aliphatic rings. The fourth-order valence-corrected chi connectivity index (χ4v) is 3.86. The zero-order valence-corrected chi connectivity index (χ0v) is 15.4. The molecule has 2 aromatic carbocycles. The van der Waals surface area contributed by atoms with Gasteiger partial charge in [-0.25, -0.2) is 4.98 Å². The number of fused-ring (bicyclic) bond motifs is 1. The number of carbonyl (C=O) groups excluding carboxylic acids is 1. The lowest BCUT2D eigenvalue weighted by atomic mass is 10.1. The molecule has 4 rings (SSSR count). The van der Waals surface area contributed by atoms with Gasteiger partial charge >= 0.3 is 0 Å². The maximum absolute atomic E-state index is 12.6. The molecule has 26 heavy (non-hydrogen) atoms. The first-order chi connectivity index (χ1) is 12.6. The molecule has 1 atom stereocenters. The molecule has 4 nitrogen and oxygen atoms in total. The number of likely N-dealkylation sites (tertiary alicyclic amines) is 1. The molecule has 3 aromatic rings. The lowest BCUT2D eigenvalue weighted by Crippen LogP contribution is -2.24. The topological polar surface area (TPSA) is 38.1 Å². The largest absolute Gasteiger partial charge is 0.338 e. The summed E-state index contributed by atoms with van der Waals surface area (Å²) in [4.78, 5) is 19.5. The number of aromatic nitrogens is 2. The summed E-state index contributed by atoms with van der Waals surface area (Å²) in [5.74, 6) is 1.98. The molecule has 1 aromatic heterocycles. The van der Waals surface area contributed by atoms with Crippen molar-refractivity contribution in [3.8, 4) is 0 Å². The number of rotatable bonds is 5. The third kappa shape index (κ3) is 3.24. The van der Waals surface area contributed by atoms with Gasteiger partial charge in [-0.2, -0.15) is 0 Å². The maximum Gasteiger partial charge on any atom is 0.223 e. The Labute approximate surface area is 154 Å². The minimum Gasteiger partial charge on any atom is -0.338 e. The van der Waals surface area contributed by atoms with Crippen molar-refractivity contribution in [2.75, 3.05) is 6.54 Å². The van der Waals surface area contributed by atoms with Crippen LogP contribution in [-0.2, 0) is 17.9 Å². The Balaban J connectivity index is 1.62. The number of hydrogen-bond acceptors (Lipinski definition) is 2. The van der Waals surface area contributed by atoms with Crippen molar-refractivity contribution in [2.45, 2.75) is 39.3 Å². The zero-order chi connectivity index (χ0) is 18.1. The van der Waals surface area contributed by atoms with E-state index in [0.29, 0.717) is 18.9 Å². The van der Waals surface area contributed by atoms with Crippen molar-refractivity contribution in [1.82, 2.24) is 14.5 Å². The van der Waals surface area contributed by atoms with E-state index in [-0.39, 0.29) is 11.8 Å². The summed E-state index contributed by atoms with van der Waals surface area (Å²) >= 11 is 0. The molecule has 1 aliphatic heterocycles. The minimum absolute atomic E-state index is 0.164. The predicted octanol–water partition coefficient (Wildman–Crippen LogP) is 4.21. The van der Waals surface area contributed by atoms with Gasteiger partial charge < -0.3 is 9.47 Å². The Morgan fingerprint density at radius 1 is 1.08 bits per heavy atom. The van der Waals surface area contributed by atoms with Gasteiger partial charge in [0.2, 0.25) is 5.91 Å². The van der Waals surface area contributed by atoms with Gasteiger partial charge in [-0.3, -0.25) is 4.79 Å². The molecule has 0 aliphatic carbocycles. The van der Waals surface area contributed by atoms with E-state index in [4.69, 9.17) is 4.98 Å². The van der Waals surface area contributed by atoms with Crippen molar-refractivity contribution >= 4 is 16.9 Å². The molecule has 1 amide bonds. The molecule has 1 fully saturated rings. The van der Waals surface area contributed by atoms with Gasteiger partial charge in [-0.1, -0.05) is 56.3 Å². The third-order valence-corrected chi connectivity index (χ3v) is 5.03. The minimum atomic E-state index is 0.164. The average molecular weight is 347 g/mol. The highest BCUT2D eigenvalue weighted by molar-refractivity contribution is 5.81. The highest BCUT2D eigenvalue weighted by Crippen LogP contribution is 2.31. The second-order valence-electron chi connectivity index (χ2n) is 7.62. The van der Waals surface area contributed by atoms with Crippen LogP contribution in [0, 0.1) is 5.92 Å². The molecule has 1 saturated heterocycles. The Bertz CT molecular complexity index is 914. The molecule has 0 spiro atoms. The van der Waals surface area contributed by atoms with Crippen molar-refractivity contribution in [1.29, 1.82) is 0 Å². The third-order valence-electron chi connectivity index (χ3n) is 5.03. The van der Waals surface area contributed by atoms with Gasteiger partial charge in [0, 0.05) is 32.0 Å². The molecule has 2 heterocycles. The molecule has 134 valence electrons. The number of imidazole rings is 1. The first-order valence-corrected chi connectivity index (χ1v) is 9.38. The molecule has 0 saturated carbocycles. The van der Waals surface area contributed by atoms with Crippen LogP contribution >= 0.6 is 0 Å². The van der Waals surface area contributed by atoms with Crippen molar-refractivity contribution in [2.24, 2.45) is 5.92 Å². The normalized spacial score (nSPS) is 17.6. The lowest BCUT2D eigenvalue weighted by molar-refractivity contribution is -0.128. The van der Waals surface area contributed by atoms with Gasteiger partial charge in [0.05, 0.1) is 11.0 Å². The second-order valence-corrected chi connectivity index (χ2v) is 7.62. The zero-order valence-electron chi connectivity index (χ0n) is 15.4. The van der Waals surface area contributed by atoms with E-state index in [1.165, 1.54) is 11.1 Å². The number of para-hydroxylation sites is 2. The predicted molar refractivity (Wildman–Crippen MR) is 104 cm³/mol. The van der Waals surface area contributed by atoms with Gasteiger partial charge in [-0.15, -0.1) is 0 Å². The number of amides is 1. The van der Waals surface area contributed by atoms with Crippen LogP contribution in [0.5, 0.6) is 0 Å². The molecule has 0 unspecified atom stereocenters. The summed E-state index contributed by atoms with van der Waals surface area (Å²) < 4.78 is 2.32. The summed E-state index contributed by atoms with van der Waals surface area (Å²) in [5, 5.41) is 0. The quantitative estimate of drug-likeness (QED) is 0.693. The summed E-state index contributed by atoms with van der Waals surface area (Å²) in [7, 11) is 0. The average Bonchev–Trinajstić information content (AvgIpc) is 3.17. The van der Waals surface area contributed by atoms with Gasteiger partial charge in [0.1, 0.15) is 5.82 Å². The molecule has 4 heteroatoms. The Morgan fingerprint density at radius 2 is 1.81 bits per heavy atom. The van der Waals surface area contributed by atoms with Gasteiger partial charge in [0.25, 0.3) is 0 Å². The first kappa shape index (κ1) is 16.8. The van der Waals surface area contributed by atoms with E-state index in [0.717, 1.165) is 24.4 Å². The van der Waals surface area contributed by atoms with Crippen LogP contribution in [0.3, 0.4) is 0 Å². The van der Waals surface area contributed by atoms with E-state index < -0.39 is 0 Å². The van der Waals surface area contributed by atoms with Crippen LogP contribution in [0.1, 0.15) is 37.6 Å². The summed E-state index contributed by atoms with van der Waals surface area (Å²) in [5.41, 5.74) is 3.37. The Morgan fingerprint density at radius 3 is 2.58 bits per heavy atom. The molecule has 0 N–H and O–H groups in total. The smallest absolute Gasteiger partial charge is 0.223 e. The Kier molecular flexibility index (Phi) is 4.49. The fourth-order valence-electron chi connectivity index (χ4n) is 3.86. The van der Waals surface area contributed by atoms with E-state index in [9.17, 15) is 4.79 Å². The van der Waals surface area contributed by atoms with E-state index in [1.807, 2.05) is 29.2 Å². The van der Waals surface area contributed by atoms with Crippen molar-refractivity contribution in [3.63, 3.8) is 0 Å². The Hall–Kier alpha value is -2.62. The van der Waals surface area contributed by atoms with Crippen LogP contribution in [0.4, 0.5) is 0 Å². The standard InChI is InChI=1S/C22H25N3O/c1-16(2)13-25-20-11-7-6-10-19(20)23-22(25)18-12-21(26)24(15-18)14-17-8-4-3-5-9-17/h3-11,16,18H,12-15H2,1-2H3/t18-/m0/s1. The monoisotopic (exact) mass is 347 g/mol. The number of benzene rings is 2. The van der Waals surface area contributed by atoms with Crippen LogP contribution < -0.4 is 0 Å². The SMILES string of the molecule is CC(C)Cn1c([C@H]2CC(=O)N(Cc3ccccc3)C2)nc2ccccc21. The van der Waals surface area contributed by atoms with E-state index >= 15 is 0 Å². The fraction of sp³-hybridized carbons (Fsp3) is 0.364. The second kappa shape index (κ2) is 6.94. The van der Waals surface area contributed by atoms with Gasteiger partial charge in [-0.05, 0) is 23.6 Å². The highest BCUT2D eigenvalue weighted by atomic mass is 16.2. The number of hydrogen-bond donors (Lipinski definition) is 0. The molecular formula is C22H25N3O. The van der Waals surface area contributed by atoms with Crippen molar-refractivity contribution < 1.29 is 4.79 Å².